The van der Waals surface area contributed by atoms with Gasteiger partial charge in [0.05, 0.1) is 6.20 Å². The Morgan fingerprint density at radius 3 is 2.67 bits per heavy atom. The number of hydrogen-bond donors (Lipinski definition) is 1. The molecule has 2 N–H and O–H groups in total. The minimum absolute atomic E-state index is 0.213. The summed E-state index contributed by atoms with van der Waals surface area (Å²) in [7, 11) is 4.15. The lowest BCUT2D eigenvalue weighted by atomic mass is 9.63. The molecular weight excluding hydrogens is 224 g/mol. The molecule has 0 bridgehead atoms. The predicted octanol–water partition coefficient (Wildman–Crippen LogP) is 1.62. The summed E-state index contributed by atoms with van der Waals surface area (Å²) in [5.74, 6) is 1.61. The molecule has 1 aliphatic carbocycles. The monoisotopic (exact) mass is 250 g/mol. The smallest absolute Gasteiger partial charge is 0.0534 e. The third-order valence-corrected chi connectivity index (χ3v) is 4.59. The summed E-state index contributed by atoms with van der Waals surface area (Å²) in [6, 6.07) is 0. The van der Waals surface area contributed by atoms with Crippen molar-refractivity contribution in [3.8, 4) is 0 Å². The second kappa shape index (κ2) is 5.02. The number of nitrogens with two attached hydrogens (primary N) is 1. The van der Waals surface area contributed by atoms with Crippen LogP contribution in [0.1, 0.15) is 32.3 Å². The van der Waals surface area contributed by atoms with Crippen LogP contribution in [0.15, 0.2) is 12.4 Å². The zero-order valence-corrected chi connectivity index (χ0v) is 12.1. The number of nitrogens with zero attached hydrogens (tertiary/aromatic N) is 3. The van der Waals surface area contributed by atoms with Crippen LogP contribution in [0.5, 0.6) is 0 Å². The van der Waals surface area contributed by atoms with Gasteiger partial charge in [-0.3, -0.25) is 9.58 Å². The largest absolute Gasteiger partial charge is 0.329 e. The zero-order chi connectivity index (χ0) is 13.3. The van der Waals surface area contributed by atoms with Gasteiger partial charge in [-0.15, -0.1) is 0 Å². The lowest BCUT2D eigenvalue weighted by Gasteiger charge is -2.54. The Bertz CT molecular complexity index is 390. The van der Waals surface area contributed by atoms with E-state index in [4.69, 9.17) is 5.73 Å². The molecule has 0 radical (unpaired) electrons. The number of rotatable bonds is 5. The first-order valence-electron chi connectivity index (χ1n) is 6.86. The van der Waals surface area contributed by atoms with E-state index in [9.17, 15) is 0 Å². The van der Waals surface area contributed by atoms with Crippen LogP contribution in [-0.4, -0.2) is 33.8 Å². The van der Waals surface area contributed by atoms with E-state index in [2.05, 4.69) is 37.1 Å². The highest BCUT2D eigenvalue weighted by Gasteiger charge is 2.46. The molecule has 0 aromatic carbocycles. The summed E-state index contributed by atoms with van der Waals surface area (Å²) >= 11 is 0. The first kappa shape index (κ1) is 13.6. The topological polar surface area (TPSA) is 47.1 Å². The van der Waals surface area contributed by atoms with Crippen LogP contribution < -0.4 is 5.73 Å². The van der Waals surface area contributed by atoms with Gasteiger partial charge >= 0.3 is 0 Å². The number of aryl methyl sites for hydroxylation is 1. The summed E-state index contributed by atoms with van der Waals surface area (Å²) in [4.78, 5) is 2.42. The number of likely N-dealkylation sites (N-methyl/N-ethyl adjacent to an activating group) is 1. The quantitative estimate of drug-likeness (QED) is 0.864. The van der Waals surface area contributed by atoms with Crippen molar-refractivity contribution >= 4 is 0 Å². The Morgan fingerprint density at radius 2 is 2.22 bits per heavy atom. The van der Waals surface area contributed by atoms with Crippen LogP contribution in [0.25, 0.3) is 0 Å². The normalized spacial score (nSPS) is 27.8. The van der Waals surface area contributed by atoms with Crippen LogP contribution in [0.3, 0.4) is 0 Å². The van der Waals surface area contributed by atoms with E-state index in [0.29, 0.717) is 0 Å². The second-order valence-corrected chi connectivity index (χ2v) is 6.22. The third kappa shape index (κ3) is 2.45. The molecule has 18 heavy (non-hydrogen) atoms. The van der Waals surface area contributed by atoms with E-state index in [1.165, 1.54) is 18.4 Å². The number of hydrogen-bond acceptors (Lipinski definition) is 3. The molecule has 0 atom stereocenters. The Hall–Kier alpha value is -0.870. The average Bonchev–Trinajstić information content (AvgIpc) is 2.62. The van der Waals surface area contributed by atoms with E-state index >= 15 is 0 Å². The highest BCUT2D eigenvalue weighted by Crippen LogP contribution is 2.45. The van der Waals surface area contributed by atoms with Gasteiger partial charge in [0.25, 0.3) is 0 Å². The maximum Gasteiger partial charge on any atom is 0.0534 e. The molecule has 1 heterocycles. The van der Waals surface area contributed by atoms with Gasteiger partial charge in [0.2, 0.25) is 0 Å². The molecule has 1 aromatic heterocycles. The maximum atomic E-state index is 6.03. The van der Waals surface area contributed by atoms with Gasteiger partial charge < -0.3 is 5.73 Å². The fraction of sp³-hybridized carbons (Fsp3) is 0.786. The minimum atomic E-state index is 0.213. The summed E-state index contributed by atoms with van der Waals surface area (Å²) < 4.78 is 1.86. The van der Waals surface area contributed by atoms with Crippen LogP contribution in [0.2, 0.25) is 0 Å². The van der Waals surface area contributed by atoms with Crippen LogP contribution in [0, 0.1) is 11.8 Å². The van der Waals surface area contributed by atoms with Crippen molar-refractivity contribution in [1.29, 1.82) is 0 Å². The first-order chi connectivity index (χ1) is 8.47. The molecule has 1 saturated carbocycles. The molecule has 1 aliphatic rings. The maximum absolute atomic E-state index is 6.03. The van der Waals surface area contributed by atoms with Crippen molar-refractivity contribution in [1.82, 2.24) is 14.7 Å². The van der Waals surface area contributed by atoms with Crippen molar-refractivity contribution in [3.05, 3.63) is 18.0 Å². The van der Waals surface area contributed by atoms with E-state index in [-0.39, 0.29) is 5.54 Å². The second-order valence-electron chi connectivity index (χ2n) is 6.22. The highest BCUT2D eigenvalue weighted by molar-refractivity contribution is 5.08. The van der Waals surface area contributed by atoms with Gasteiger partial charge in [0, 0.05) is 37.4 Å². The lowest BCUT2D eigenvalue weighted by Crippen LogP contribution is -2.60. The van der Waals surface area contributed by atoms with E-state index < -0.39 is 0 Å². The summed E-state index contributed by atoms with van der Waals surface area (Å²) in [6.45, 7) is 6.32. The molecule has 0 spiro atoms. The van der Waals surface area contributed by atoms with Gasteiger partial charge in [-0.1, -0.05) is 13.8 Å². The lowest BCUT2D eigenvalue weighted by molar-refractivity contribution is -0.0244. The Balaban J connectivity index is 1.97. The molecular formula is C14H26N4. The molecule has 0 saturated heterocycles. The van der Waals surface area contributed by atoms with Crippen molar-refractivity contribution in [3.63, 3.8) is 0 Å². The van der Waals surface area contributed by atoms with Gasteiger partial charge in [-0.2, -0.15) is 5.10 Å². The van der Waals surface area contributed by atoms with Crippen LogP contribution in [-0.2, 0) is 13.6 Å². The fourth-order valence-corrected chi connectivity index (χ4v) is 3.02. The van der Waals surface area contributed by atoms with Crippen molar-refractivity contribution < 1.29 is 0 Å². The standard InChI is InChI=1S/C14H26N4/c1-11(2)13-5-14(6-13,10-15)17(3)8-12-7-16-18(4)9-12/h7,9,11,13H,5-6,8,10,15H2,1-4H3. The molecule has 1 aromatic rings. The van der Waals surface area contributed by atoms with E-state index in [0.717, 1.165) is 24.9 Å². The SMILES string of the molecule is CC(C)C1CC(CN)(N(C)Cc2cnn(C)c2)C1. The highest BCUT2D eigenvalue weighted by atomic mass is 15.3. The molecule has 0 unspecified atom stereocenters. The summed E-state index contributed by atoms with van der Waals surface area (Å²) in [5, 5.41) is 4.22. The predicted molar refractivity (Wildman–Crippen MR) is 74.0 cm³/mol. The van der Waals surface area contributed by atoms with Gasteiger partial charge in [-0.05, 0) is 31.7 Å². The molecule has 1 fully saturated rings. The Morgan fingerprint density at radius 1 is 1.56 bits per heavy atom. The average molecular weight is 250 g/mol. The van der Waals surface area contributed by atoms with Gasteiger partial charge in [0.1, 0.15) is 0 Å². The third-order valence-electron chi connectivity index (χ3n) is 4.59. The van der Waals surface area contributed by atoms with Crippen molar-refractivity contribution in [2.75, 3.05) is 13.6 Å². The van der Waals surface area contributed by atoms with Crippen LogP contribution >= 0.6 is 0 Å². The van der Waals surface area contributed by atoms with Crippen molar-refractivity contribution in [2.45, 2.75) is 38.8 Å². The number of aromatic nitrogens is 2. The molecule has 4 nitrogen and oxygen atoms in total. The minimum Gasteiger partial charge on any atom is -0.329 e. The van der Waals surface area contributed by atoms with Gasteiger partial charge in [-0.25, -0.2) is 0 Å². The molecule has 0 amide bonds. The summed E-state index contributed by atoms with van der Waals surface area (Å²) in [5.41, 5.74) is 7.51. The van der Waals surface area contributed by atoms with Crippen molar-refractivity contribution in [2.24, 2.45) is 24.6 Å². The molecule has 2 rings (SSSR count). The Labute approximate surface area is 110 Å². The Kier molecular flexibility index (Phi) is 3.78. The van der Waals surface area contributed by atoms with E-state index in [1.54, 1.807) is 0 Å². The summed E-state index contributed by atoms with van der Waals surface area (Å²) in [6.07, 6.45) is 6.49. The fourth-order valence-electron chi connectivity index (χ4n) is 3.02. The molecule has 0 aliphatic heterocycles. The molecule has 102 valence electrons. The first-order valence-corrected chi connectivity index (χ1v) is 6.86. The van der Waals surface area contributed by atoms with E-state index in [1.807, 2.05) is 17.9 Å². The zero-order valence-electron chi connectivity index (χ0n) is 12.1. The molecule has 4 heteroatoms. The van der Waals surface area contributed by atoms with Gasteiger partial charge in [0.15, 0.2) is 0 Å². The van der Waals surface area contributed by atoms with Crippen LogP contribution in [0.4, 0.5) is 0 Å².